The zero-order valence-electron chi connectivity index (χ0n) is 16.3. The molecule has 0 aliphatic rings. The Labute approximate surface area is 176 Å². The highest BCUT2D eigenvalue weighted by atomic mass is 19.1. The van der Waals surface area contributed by atoms with Crippen molar-refractivity contribution in [1.29, 1.82) is 0 Å². The van der Waals surface area contributed by atoms with Crippen LogP contribution in [0.15, 0.2) is 83.7 Å². The number of nitrogens with one attached hydrogen (secondary N) is 3. The van der Waals surface area contributed by atoms with E-state index in [1.54, 1.807) is 42.5 Å². The molecule has 0 radical (unpaired) electrons. The van der Waals surface area contributed by atoms with E-state index in [0.29, 0.717) is 11.2 Å². The molecule has 1 aromatic heterocycles. The van der Waals surface area contributed by atoms with Gasteiger partial charge in [-0.3, -0.25) is 14.4 Å². The summed E-state index contributed by atoms with van der Waals surface area (Å²) in [5.41, 5.74) is 1.65. The summed E-state index contributed by atoms with van der Waals surface area (Å²) < 4.78 is 13.3. The van der Waals surface area contributed by atoms with Crippen molar-refractivity contribution in [2.75, 3.05) is 5.32 Å². The second-order valence-corrected chi connectivity index (χ2v) is 6.95. The number of halogens is 1. The quantitative estimate of drug-likeness (QED) is 0.462. The van der Waals surface area contributed by atoms with E-state index in [0.717, 1.165) is 17.0 Å². The summed E-state index contributed by atoms with van der Waals surface area (Å²) in [7, 11) is 0. The van der Waals surface area contributed by atoms with Crippen LogP contribution >= 0.6 is 0 Å². The number of para-hydroxylation sites is 1. The summed E-state index contributed by atoms with van der Waals surface area (Å²) in [6.07, 6.45) is 0. The predicted octanol–water partition coefficient (Wildman–Crippen LogP) is 3.85. The molecule has 0 spiro atoms. The fourth-order valence-electron chi connectivity index (χ4n) is 3.19. The third kappa shape index (κ3) is 4.67. The lowest BCUT2D eigenvalue weighted by Crippen LogP contribution is -2.29. The summed E-state index contributed by atoms with van der Waals surface area (Å²) in [5, 5.41) is 6.18. The number of H-pyrrole nitrogens is 1. The number of aromatic amines is 1. The first-order chi connectivity index (χ1) is 15.0. The Morgan fingerprint density at radius 1 is 0.871 bits per heavy atom. The molecule has 1 heterocycles. The number of benzene rings is 3. The van der Waals surface area contributed by atoms with Gasteiger partial charge in [0, 0.05) is 23.3 Å². The third-order valence-corrected chi connectivity index (χ3v) is 4.72. The number of hydrogen-bond acceptors (Lipinski definition) is 3. The van der Waals surface area contributed by atoms with Crippen molar-refractivity contribution in [3.8, 4) is 0 Å². The smallest absolute Gasteiger partial charge is 0.261 e. The number of hydrogen-bond donors (Lipinski definition) is 3. The van der Waals surface area contributed by atoms with Crippen molar-refractivity contribution < 1.29 is 14.0 Å². The Morgan fingerprint density at radius 3 is 2.52 bits per heavy atom. The molecule has 0 atom stereocenters. The summed E-state index contributed by atoms with van der Waals surface area (Å²) in [6, 6.07) is 21.1. The van der Waals surface area contributed by atoms with Crippen LogP contribution in [0.3, 0.4) is 0 Å². The van der Waals surface area contributed by atoms with E-state index in [9.17, 15) is 18.8 Å². The Kier molecular flexibility index (Phi) is 5.57. The Balaban J connectivity index is 1.44. The van der Waals surface area contributed by atoms with E-state index < -0.39 is 23.2 Å². The highest BCUT2D eigenvalue weighted by Crippen LogP contribution is 2.14. The zero-order chi connectivity index (χ0) is 21.8. The van der Waals surface area contributed by atoms with E-state index in [2.05, 4.69) is 15.6 Å². The lowest BCUT2D eigenvalue weighted by Gasteiger charge is -2.09. The Hall–Kier alpha value is -4.26. The molecule has 2 amide bonds. The molecule has 154 valence electrons. The second kappa shape index (κ2) is 8.62. The van der Waals surface area contributed by atoms with E-state index in [1.165, 1.54) is 18.2 Å². The number of amides is 2. The first kappa shape index (κ1) is 20.0. The molecule has 0 aliphatic carbocycles. The fraction of sp³-hybridized carbons (Fsp3) is 0.0417. The maximum atomic E-state index is 13.3. The topological polar surface area (TPSA) is 91.1 Å². The number of aromatic nitrogens is 1. The maximum Gasteiger partial charge on any atom is 0.261 e. The number of carbonyl (C=O) groups is 2. The largest absolute Gasteiger partial charge is 0.348 e. The van der Waals surface area contributed by atoms with Crippen LogP contribution in [0.4, 0.5) is 10.1 Å². The molecule has 3 aromatic carbocycles. The van der Waals surface area contributed by atoms with Crippen molar-refractivity contribution in [1.82, 2.24) is 10.3 Å². The van der Waals surface area contributed by atoms with Crippen molar-refractivity contribution in [3.63, 3.8) is 0 Å². The minimum atomic E-state index is -0.499. The van der Waals surface area contributed by atoms with Gasteiger partial charge in [0.15, 0.2) is 0 Å². The molecule has 0 saturated carbocycles. The molecule has 0 unspecified atom stereocenters. The van der Waals surface area contributed by atoms with Gasteiger partial charge < -0.3 is 15.6 Å². The molecule has 4 aromatic rings. The molecule has 3 N–H and O–H groups in total. The van der Waals surface area contributed by atoms with Crippen molar-refractivity contribution in [2.45, 2.75) is 6.54 Å². The molecule has 31 heavy (non-hydrogen) atoms. The van der Waals surface area contributed by atoms with E-state index in [4.69, 9.17) is 0 Å². The average Bonchev–Trinajstić information content (AvgIpc) is 2.77. The van der Waals surface area contributed by atoms with E-state index >= 15 is 0 Å². The van der Waals surface area contributed by atoms with Gasteiger partial charge in [0.05, 0.1) is 0 Å². The van der Waals surface area contributed by atoms with Crippen LogP contribution in [0.5, 0.6) is 0 Å². The second-order valence-electron chi connectivity index (χ2n) is 6.95. The number of fused-ring (bicyclic) bond motifs is 1. The minimum absolute atomic E-state index is 0.0225. The van der Waals surface area contributed by atoms with Gasteiger partial charge in [-0.2, -0.15) is 0 Å². The highest BCUT2D eigenvalue weighted by molar-refractivity contribution is 6.04. The molecule has 0 fully saturated rings. The highest BCUT2D eigenvalue weighted by Gasteiger charge is 2.12. The SMILES string of the molecule is O=C(Nc1cccc(CNC(=O)c2cc3ccccc3[nH]c2=O)c1)c1cccc(F)c1. The van der Waals surface area contributed by atoms with Crippen molar-refractivity contribution in [2.24, 2.45) is 0 Å². The van der Waals surface area contributed by atoms with Crippen LogP contribution in [0.2, 0.25) is 0 Å². The lowest BCUT2D eigenvalue weighted by molar-refractivity contribution is 0.0948. The first-order valence-corrected chi connectivity index (χ1v) is 9.56. The van der Waals surface area contributed by atoms with E-state index in [-0.39, 0.29) is 17.7 Å². The van der Waals surface area contributed by atoms with Gasteiger partial charge in [-0.25, -0.2) is 4.39 Å². The van der Waals surface area contributed by atoms with Crippen LogP contribution in [0.25, 0.3) is 10.9 Å². The zero-order valence-corrected chi connectivity index (χ0v) is 16.3. The van der Waals surface area contributed by atoms with Crippen LogP contribution in [0, 0.1) is 5.82 Å². The number of pyridine rings is 1. The fourth-order valence-corrected chi connectivity index (χ4v) is 3.19. The van der Waals surface area contributed by atoms with E-state index in [1.807, 2.05) is 12.1 Å². The summed E-state index contributed by atoms with van der Waals surface area (Å²) in [5.74, 6) is -1.43. The monoisotopic (exact) mass is 415 g/mol. The van der Waals surface area contributed by atoms with Crippen LogP contribution in [-0.2, 0) is 6.54 Å². The summed E-state index contributed by atoms with van der Waals surface area (Å²) >= 11 is 0. The van der Waals surface area contributed by atoms with Crippen LogP contribution in [-0.4, -0.2) is 16.8 Å². The molecule has 4 rings (SSSR count). The van der Waals surface area contributed by atoms with Crippen molar-refractivity contribution >= 4 is 28.4 Å². The van der Waals surface area contributed by atoms with Gasteiger partial charge in [-0.05, 0) is 53.4 Å². The number of carbonyl (C=O) groups excluding carboxylic acids is 2. The average molecular weight is 415 g/mol. The van der Waals surface area contributed by atoms with Crippen LogP contribution in [0.1, 0.15) is 26.3 Å². The third-order valence-electron chi connectivity index (χ3n) is 4.72. The van der Waals surface area contributed by atoms with Gasteiger partial charge in [-0.1, -0.05) is 36.4 Å². The Morgan fingerprint density at radius 2 is 1.68 bits per heavy atom. The van der Waals surface area contributed by atoms with Crippen LogP contribution < -0.4 is 16.2 Å². The molecule has 0 saturated heterocycles. The standard InChI is InChI=1S/C24H18FN3O3/c25-18-8-4-7-17(12-18)22(29)27-19-9-3-5-15(11-19)14-26-23(30)20-13-16-6-1-2-10-21(16)28-24(20)31/h1-13H,14H2,(H,26,30)(H,27,29)(H,28,31). The normalized spacial score (nSPS) is 10.6. The number of anilines is 1. The molecule has 7 heteroatoms. The predicted molar refractivity (Wildman–Crippen MR) is 117 cm³/mol. The maximum absolute atomic E-state index is 13.3. The summed E-state index contributed by atoms with van der Waals surface area (Å²) in [6.45, 7) is 0.161. The molecule has 0 aliphatic heterocycles. The molecular weight excluding hydrogens is 397 g/mol. The van der Waals surface area contributed by atoms with Gasteiger partial charge in [0.1, 0.15) is 11.4 Å². The lowest BCUT2D eigenvalue weighted by atomic mass is 10.1. The first-order valence-electron chi connectivity index (χ1n) is 9.56. The molecular formula is C24H18FN3O3. The number of rotatable bonds is 5. The summed E-state index contributed by atoms with van der Waals surface area (Å²) in [4.78, 5) is 39.7. The van der Waals surface area contributed by atoms with Gasteiger partial charge in [0.25, 0.3) is 17.4 Å². The molecule has 0 bridgehead atoms. The van der Waals surface area contributed by atoms with Crippen molar-refractivity contribution in [3.05, 3.63) is 112 Å². The van der Waals surface area contributed by atoms with Gasteiger partial charge >= 0.3 is 0 Å². The minimum Gasteiger partial charge on any atom is -0.348 e. The van der Waals surface area contributed by atoms with Gasteiger partial charge in [-0.15, -0.1) is 0 Å². The molecule has 6 nitrogen and oxygen atoms in total. The van der Waals surface area contributed by atoms with Gasteiger partial charge in [0.2, 0.25) is 0 Å². The Bertz CT molecular complexity index is 1350.